The summed E-state index contributed by atoms with van der Waals surface area (Å²) in [4.78, 5) is 25.3. The van der Waals surface area contributed by atoms with Crippen LogP contribution in [0.3, 0.4) is 0 Å². The first-order valence-electron chi connectivity index (χ1n) is 5.49. The van der Waals surface area contributed by atoms with E-state index in [0.29, 0.717) is 11.4 Å². The Morgan fingerprint density at radius 2 is 2.11 bits per heavy atom. The summed E-state index contributed by atoms with van der Waals surface area (Å²) in [5.41, 5.74) is 2.85. The third-order valence-electron chi connectivity index (χ3n) is 1.88. The van der Waals surface area contributed by atoms with E-state index in [1.165, 1.54) is 0 Å². The highest BCUT2D eigenvalue weighted by molar-refractivity contribution is 6.23. The Hall–Kier alpha value is -2.31. The molecule has 0 spiro atoms. The van der Waals surface area contributed by atoms with Gasteiger partial charge in [0.25, 0.3) is 0 Å². The van der Waals surface area contributed by atoms with Crippen molar-refractivity contribution in [3.63, 3.8) is 0 Å². The third kappa shape index (κ3) is 3.93. The standard InChI is InChI=1S/C11H15N3O4/c1-3-17-9(15)7-13-14-10-8(5-6-12-10)11(16)18-4-2/h5-7,12,14H,3-4H2,1-2H3/b13-7-. The summed E-state index contributed by atoms with van der Waals surface area (Å²) in [7, 11) is 0. The van der Waals surface area contributed by atoms with Crippen molar-refractivity contribution < 1.29 is 19.1 Å². The summed E-state index contributed by atoms with van der Waals surface area (Å²) in [6.07, 6.45) is 2.55. The third-order valence-corrected chi connectivity index (χ3v) is 1.88. The van der Waals surface area contributed by atoms with Gasteiger partial charge in [0.1, 0.15) is 17.6 Å². The summed E-state index contributed by atoms with van der Waals surface area (Å²) in [5, 5.41) is 3.65. The molecule has 0 bridgehead atoms. The lowest BCUT2D eigenvalue weighted by atomic mass is 10.3. The smallest absolute Gasteiger partial charge is 0.351 e. The van der Waals surface area contributed by atoms with Gasteiger partial charge in [-0.2, -0.15) is 5.10 Å². The van der Waals surface area contributed by atoms with Crippen molar-refractivity contribution in [1.29, 1.82) is 0 Å². The van der Waals surface area contributed by atoms with Crippen LogP contribution in [0.2, 0.25) is 0 Å². The number of H-pyrrole nitrogens is 1. The maximum atomic E-state index is 11.5. The van der Waals surface area contributed by atoms with Crippen LogP contribution in [0, 0.1) is 0 Å². The molecule has 1 aromatic heterocycles. The molecular weight excluding hydrogens is 238 g/mol. The molecule has 0 aliphatic rings. The number of nitrogens with one attached hydrogen (secondary N) is 2. The Labute approximate surface area is 104 Å². The minimum Gasteiger partial charge on any atom is -0.462 e. The Balaban J connectivity index is 2.60. The maximum absolute atomic E-state index is 11.5. The number of hydrazone groups is 1. The van der Waals surface area contributed by atoms with Crippen molar-refractivity contribution in [2.45, 2.75) is 13.8 Å². The van der Waals surface area contributed by atoms with Crippen LogP contribution in [-0.4, -0.2) is 36.4 Å². The Morgan fingerprint density at radius 1 is 1.39 bits per heavy atom. The van der Waals surface area contributed by atoms with Gasteiger partial charge in [0.2, 0.25) is 0 Å². The van der Waals surface area contributed by atoms with E-state index in [2.05, 4.69) is 20.2 Å². The van der Waals surface area contributed by atoms with E-state index in [1.807, 2.05) is 0 Å². The molecule has 0 saturated carbocycles. The Morgan fingerprint density at radius 3 is 2.78 bits per heavy atom. The van der Waals surface area contributed by atoms with E-state index >= 15 is 0 Å². The van der Waals surface area contributed by atoms with Crippen LogP contribution in [0.1, 0.15) is 24.2 Å². The molecule has 0 fully saturated rings. The fraction of sp³-hybridized carbons (Fsp3) is 0.364. The number of carbonyl (C=O) groups excluding carboxylic acids is 2. The Kier molecular flexibility index (Phi) is 5.43. The predicted octanol–water partition coefficient (Wildman–Crippen LogP) is 1.15. The number of aromatic amines is 1. The quantitative estimate of drug-likeness (QED) is 0.450. The molecule has 0 saturated heterocycles. The molecule has 1 aromatic rings. The van der Waals surface area contributed by atoms with Crippen LogP contribution in [-0.2, 0) is 14.3 Å². The van der Waals surface area contributed by atoms with Crippen LogP contribution in [0.4, 0.5) is 5.82 Å². The number of esters is 2. The van der Waals surface area contributed by atoms with Gasteiger partial charge in [0, 0.05) is 6.20 Å². The number of nitrogens with zero attached hydrogens (tertiary/aromatic N) is 1. The lowest BCUT2D eigenvalue weighted by Crippen LogP contribution is -2.08. The van der Waals surface area contributed by atoms with Gasteiger partial charge in [-0.3, -0.25) is 5.43 Å². The van der Waals surface area contributed by atoms with Gasteiger partial charge in [0.15, 0.2) is 0 Å². The number of hydrogen-bond donors (Lipinski definition) is 2. The zero-order chi connectivity index (χ0) is 13.4. The minimum atomic E-state index is -0.561. The summed E-state index contributed by atoms with van der Waals surface area (Å²) < 4.78 is 9.50. The number of rotatable bonds is 6. The molecule has 98 valence electrons. The van der Waals surface area contributed by atoms with Crippen molar-refractivity contribution in [2.75, 3.05) is 18.6 Å². The van der Waals surface area contributed by atoms with Crippen molar-refractivity contribution >= 4 is 24.0 Å². The SMILES string of the molecule is CCOC(=O)/C=N\Nc1[nH]ccc1C(=O)OCC. The van der Waals surface area contributed by atoms with E-state index in [0.717, 1.165) is 6.21 Å². The minimum absolute atomic E-state index is 0.279. The number of aromatic nitrogens is 1. The monoisotopic (exact) mass is 253 g/mol. The molecule has 1 rings (SSSR count). The number of carbonyl (C=O) groups is 2. The van der Waals surface area contributed by atoms with Gasteiger partial charge in [0.05, 0.1) is 13.2 Å². The first-order chi connectivity index (χ1) is 8.69. The lowest BCUT2D eigenvalue weighted by Gasteiger charge is -2.02. The zero-order valence-electron chi connectivity index (χ0n) is 10.2. The van der Waals surface area contributed by atoms with Crippen molar-refractivity contribution in [3.8, 4) is 0 Å². The van der Waals surface area contributed by atoms with Gasteiger partial charge in [-0.1, -0.05) is 0 Å². The van der Waals surface area contributed by atoms with Crippen LogP contribution in [0.15, 0.2) is 17.4 Å². The van der Waals surface area contributed by atoms with Crippen LogP contribution in [0.25, 0.3) is 0 Å². The van der Waals surface area contributed by atoms with E-state index in [-0.39, 0.29) is 13.2 Å². The highest BCUT2D eigenvalue weighted by atomic mass is 16.5. The second kappa shape index (κ2) is 7.10. The highest BCUT2D eigenvalue weighted by Crippen LogP contribution is 2.13. The fourth-order valence-corrected chi connectivity index (χ4v) is 1.17. The molecule has 0 unspecified atom stereocenters. The molecule has 0 amide bonds. The van der Waals surface area contributed by atoms with Crippen LogP contribution in [0.5, 0.6) is 0 Å². The molecular formula is C11H15N3O4. The van der Waals surface area contributed by atoms with Crippen LogP contribution >= 0.6 is 0 Å². The number of ether oxygens (including phenoxy) is 2. The molecule has 0 radical (unpaired) electrons. The number of anilines is 1. The first-order valence-corrected chi connectivity index (χ1v) is 5.49. The average molecular weight is 253 g/mol. The second-order valence-corrected chi connectivity index (χ2v) is 3.11. The molecule has 0 aromatic carbocycles. The maximum Gasteiger partial charge on any atom is 0.351 e. The first kappa shape index (κ1) is 13.8. The summed E-state index contributed by atoms with van der Waals surface area (Å²) in [6.45, 7) is 3.98. The molecule has 0 aliphatic carbocycles. The van der Waals surface area contributed by atoms with E-state index in [4.69, 9.17) is 4.74 Å². The van der Waals surface area contributed by atoms with Gasteiger partial charge in [-0.25, -0.2) is 9.59 Å². The second-order valence-electron chi connectivity index (χ2n) is 3.11. The Bertz CT molecular complexity index is 439. The predicted molar refractivity (Wildman–Crippen MR) is 65.5 cm³/mol. The van der Waals surface area contributed by atoms with Crippen molar-refractivity contribution in [2.24, 2.45) is 5.10 Å². The van der Waals surface area contributed by atoms with E-state index in [1.54, 1.807) is 26.1 Å². The molecule has 0 aliphatic heterocycles. The molecule has 2 N–H and O–H groups in total. The molecule has 7 nitrogen and oxygen atoms in total. The topological polar surface area (TPSA) is 92.8 Å². The normalized spacial score (nSPS) is 10.3. The summed E-state index contributed by atoms with van der Waals surface area (Å²) in [5.74, 6) is -0.671. The molecule has 1 heterocycles. The highest BCUT2D eigenvalue weighted by Gasteiger charge is 2.12. The van der Waals surface area contributed by atoms with Crippen molar-refractivity contribution in [1.82, 2.24) is 4.98 Å². The summed E-state index contributed by atoms with van der Waals surface area (Å²) in [6, 6.07) is 1.56. The average Bonchev–Trinajstić information content (AvgIpc) is 2.78. The summed E-state index contributed by atoms with van der Waals surface area (Å²) >= 11 is 0. The fourth-order valence-electron chi connectivity index (χ4n) is 1.17. The van der Waals surface area contributed by atoms with Gasteiger partial charge >= 0.3 is 11.9 Å². The zero-order valence-corrected chi connectivity index (χ0v) is 10.2. The van der Waals surface area contributed by atoms with Gasteiger partial charge in [-0.05, 0) is 19.9 Å². The van der Waals surface area contributed by atoms with Crippen LogP contribution < -0.4 is 5.43 Å². The largest absolute Gasteiger partial charge is 0.462 e. The number of hydrogen-bond acceptors (Lipinski definition) is 6. The molecule has 0 atom stereocenters. The van der Waals surface area contributed by atoms with E-state index in [9.17, 15) is 9.59 Å². The lowest BCUT2D eigenvalue weighted by molar-refractivity contribution is -0.134. The van der Waals surface area contributed by atoms with Gasteiger partial charge in [-0.15, -0.1) is 0 Å². The molecule has 7 heteroatoms. The van der Waals surface area contributed by atoms with Crippen molar-refractivity contribution in [3.05, 3.63) is 17.8 Å². The van der Waals surface area contributed by atoms with Gasteiger partial charge < -0.3 is 14.5 Å². The van der Waals surface area contributed by atoms with E-state index < -0.39 is 11.9 Å². The molecule has 18 heavy (non-hydrogen) atoms.